The Bertz CT molecular complexity index is 795. The van der Waals surface area contributed by atoms with Gasteiger partial charge in [-0.25, -0.2) is 8.42 Å². The highest BCUT2D eigenvalue weighted by molar-refractivity contribution is 7.89. The van der Waals surface area contributed by atoms with Crippen molar-refractivity contribution in [3.63, 3.8) is 0 Å². The van der Waals surface area contributed by atoms with Crippen LogP contribution < -0.4 is 5.32 Å². The monoisotopic (exact) mass is 364 g/mol. The lowest BCUT2D eigenvalue weighted by Crippen LogP contribution is -2.27. The van der Waals surface area contributed by atoms with Crippen LogP contribution >= 0.6 is 11.3 Å². The molecule has 1 aromatic heterocycles. The summed E-state index contributed by atoms with van der Waals surface area (Å²) in [5.74, 6) is -0.112. The van der Waals surface area contributed by atoms with Crippen LogP contribution in [0.5, 0.6) is 0 Å². The Labute approximate surface area is 146 Å². The fourth-order valence-electron chi connectivity index (χ4n) is 2.73. The van der Waals surface area contributed by atoms with E-state index in [0.29, 0.717) is 31.6 Å². The number of carbonyl (C=O) groups excluding carboxylic acids is 1. The van der Waals surface area contributed by atoms with Crippen LogP contribution in [0.15, 0.2) is 46.7 Å². The number of nitrogens with zero attached hydrogens (tertiary/aromatic N) is 1. The quantitative estimate of drug-likeness (QED) is 0.856. The van der Waals surface area contributed by atoms with Gasteiger partial charge in [0.05, 0.1) is 4.90 Å². The standard InChI is InChI=1S/C17H20N2O3S2/c20-17(9-8-15-6-4-12-23-15)18-14-5-3-7-16(13-14)24(21,22)19-10-1-2-11-19/h3-7,12-13H,1-2,8-11H2,(H,18,20). The molecule has 0 aliphatic carbocycles. The highest BCUT2D eigenvalue weighted by Crippen LogP contribution is 2.23. The second-order valence-corrected chi connectivity index (χ2v) is 8.74. The van der Waals surface area contributed by atoms with Crippen LogP contribution in [0.2, 0.25) is 0 Å². The first-order valence-corrected chi connectivity index (χ1v) is 10.3. The minimum Gasteiger partial charge on any atom is -0.326 e. The lowest BCUT2D eigenvalue weighted by atomic mass is 10.2. The molecule has 1 aliphatic heterocycles. The van der Waals surface area contributed by atoms with Gasteiger partial charge < -0.3 is 5.32 Å². The van der Waals surface area contributed by atoms with Gasteiger partial charge in [0.2, 0.25) is 15.9 Å². The molecule has 3 rings (SSSR count). The molecule has 24 heavy (non-hydrogen) atoms. The number of hydrogen-bond donors (Lipinski definition) is 1. The Hall–Kier alpha value is -1.70. The molecule has 1 fully saturated rings. The number of thiophene rings is 1. The third kappa shape index (κ3) is 4.03. The Morgan fingerprint density at radius 3 is 2.67 bits per heavy atom. The van der Waals surface area contributed by atoms with E-state index in [1.807, 2.05) is 17.5 Å². The van der Waals surface area contributed by atoms with Gasteiger partial charge in [0.1, 0.15) is 0 Å². The largest absolute Gasteiger partial charge is 0.326 e. The predicted molar refractivity (Wildman–Crippen MR) is 95.7 cm³/mol. The van der Waals surface area contributed by atoms with E-state index in [1.165, 1.54) is 10.4 Å². The lowest BCUT2D eigenvalue weighted by Gasteiger charge is -2.16. The van der Waals surface area contributed by atoms with Crippen LogP contribution in [0.4, 0.5) is 5.69 Å². The maximum absolute atomic E-state index is 12.6. The third-order valence-electron chi connectivity index (χ3n) is 4.00. The third-order valence-corrected chi connectivity index (χ3v) is 6.83. The van der Waals surface area contributed by atoms with E-state index < -0.39 is 10.0 Å². The number of nitrogens with one attached hydrogen (secondary N) is 1. The molecule has 2 aromatic rings. The molecule has 1 N–H and O–H groups in total. The Morgan fingerprint density at radius 2 is 1.96 bits per heavy atom. The number of aryl methyl sites for hydroxylation is 1. The van der Waals surface area contributed by atoms with E-state index in [0.717, 1.165) is 17.7 Å². The number of hydrogen-bond acceptors (Lipinski definition) is 4. The number of anilines is 1. The molecule has 1 saturated heterocycles. The summed E-state index contributed by atoms with van der Waals surface area (Å²) in [5, 5.41) is 4.78. The van der Waals surface area contributed by atoms with Crippen LogP contribution in [0.1, 0.15) is 24.1 Å². The molecule has 0 atom stereocenters. The summed E-state index contributed by atoms with van der Waals surface area (Å²) in [6, 6.07) is 10.5. The molecule has 1 amide bonds. The molecular formula is C17H20N2O3S2. The second kappa shape index (κ2) is 7.46. The van der Waals surface area contributed by atoms with Gasteiger partial charge >= 0.3 is 0 Å². The molecule has 2 heterocycles. The van der Waals surface area contributed by atoms with Gasteiger partial charge in [-0.1, -0.05) is 12.1 Å². The van der Waals surface area contributed by atoms with Crippen molar-refractivity contribution in [2.24, 2.45) is 0 Å². The molecule has 0 unspecified atom stereocenters. The molecule has 5 nitrogen and oxygen atoms in total. The molecule has 0 bridgehead atoms. The SMILES string of the molecule is O=C(CCc1cccs1)Nc1cccc(S(=O)(=O)N2CCCC2)c1. The Morgan fingerprint density at radius 1 is 1.17 bits per heavy atom. The summed E-state index contributed by atoms with van der Waals surface area (Å²) >= 11 is 1.63. The van der Waals surface area contributed by atoms with Gasteiger partial charge in [0, 0.05) is 30.1 Å². The fourth-order valence-corrected chi connectivity index (χ4v) is 5.00. The first-order chi connectivity index (χ1) is 11.6. The van der Waals surface area contributed by atoms with E-state index in [1.54, 1.807) is 29.5 Å². The van der Waals surface area contributed by atoms with Crippen molar-refractivity contribution < 1.29 is 13.2 Å². The van der Waals surface area contributed by atoms with Crippen LogP contribution in [-0.4, -0.2) is 31.7 Å². The van der Waals surface area contributed by atoms with Crippen molar-refractivity contribution in [1.29, 1.82) is 0 Å². The van der Waals surface area contributed by atoms with Crippen molar-refractivity contribution >= 4 is 33.0 Å². The molecule has 0 spiro atoms. The summed E-state index contributed by atoms with van der Waals surface area (Å²) < 4.78 is 26.6. The zero-order valence-electron chi connectivity index (χ0n) is 13.3. The smallest absolute Gasteiger partial charge is 0.243 e. The highest BCUT2D eigenvalue weighted by Gasteiger charge is 2.27. The number of amides is 1. The molecule has 0 radical (unpaired) electrons. The van der Waals surface area contributed by atoms with Crippen LogP contribution in [0, 0.1) is 0 Å². The number of sulfonamides is 1. The van der Waals surface area contributed by atoms with E-state index >= 15 is 0 Å². The topological polar surface area (TPSA) is 66.5 Å². The van der Waals surface area contributed by atoms with Crippen molar-refractivity contribution in [1.82, 2.24) is 4.31 Å². The molecule has 0 saturated carbocycles. The van der Waals surface area contributed by atoms with Crippen molar-refractivity contribution in [3.8, 4) is 0 Å². The maximum Gasteiger partial charge on any atom is 0.243 e. The van der Waals surface area contributed by atoms with E-state index in [9.17, 15) is 13.2 Å². The minimum atomic E-state index is -3.46. The van der Waals surface area contributed by atoms with Gasteiger partial charge in [-0.05, 0) is 48.9 Å². The van der Waals surface area contributed by atoms with E-state index in [4.69, 9.17) is 0 Å². The molecular weight excluding hydrogens is 344 g/mol. The average molecular weight is 364 g/mol. The summed E-state index contributed by atoms with van der Waals surface area (Å²) in [5.41, 5.74) is 0.520. The van der Waals surface area contributed by atoms with Gasteiger partial charge in [0.15, 0.2) is 0 Å². The summed E-state index contributed by atoms with van der Waals surface area (Å²) in [6.45, 7) is 1.14. The summed E-state index contributed by atoms with van der Waals surface area (Å²) in [6.07, 6.45) is 2.87. The van der Waals surface area contributed by atoms with Crippen molar-refractivity contribution in [3.05, 3.63) is 46.7 Å². The van der Waals surface area contributed by atoms with Crippen molar-refractivity contribution in [2.45, 2.75) is 30.6 Å². The van der Waals surface area contributed by atoms with Crippen LogP contribution in [0.25, 0.3) is 0 Å². The number of carbonyl (C=O) groups is 1. The number of rotatable bonds is 6. The average Bonchev–Trinajstić information content (AvgIpc) is 3.27. The molecule has 1 aromatic carbocycles. The highest BCUT2D eigenvalue weighted by atomic mass is 32.2. The predicted octanol–water partition coefficient (Wildman–Crippen LogP) is 3.10. The zero-order chi connectivity index (χ0) is 17.0. The van der Waals surface area contributed by atoms with Gasteiger partial charge in [-0.3, -0.25) is 4.79 Å². The van der Waals surface area contributed by atoms with Crippen molar-refractivity contribution in [2.75, 3.05) is 18.4 Å². The van der Waals surface area contributed by atoms with Crippen LogP contribution in [0.3, 0.4) is 0 Å². The minimum absolute atomic E-state index is 0.112. The fraction of sp³-hybridized carbons (Fsp3) is 0.353. The maximum atomic E-state index is 12.6. The molecule has 7 heteroatoms. The summed E-state index contributed by atoms with van der Waals surface area (Å²) in [7, 11) is -3.46. The molecule has 1 aliphatic rings. The Balaban J connectivity index is 1.65. The normalized spacial score (nSPS) is 15.5. The van der Waals surface area contributed by atoms with E-state index in [2.05, 4.69) is 5.32 Å². The van der Waals surface area contributed by atoms with E-state index in [-0.39, 0.29) is 10.8 Å². The zero-order valence-corrected chi connectivity index (χ0v) is 14.9. The first-order valence-electron chi connectivity index (χ1n) is 7.98. The molecule has 128 valence electrons. The summed E-state index contributed by atoms with van der Waals surface area (Å²) in [4.78, 5) is 13.5. The van der Waals surface area contributed by atoms with Crippen LogP contribution in [-0.2, 0) is 21.2 Å². The van der Waals surface area contributed by atoms with Gasteiger partial charge in [-0.15, -0.1) is 11.3 Å². The van der Waals surface area contributed by atoms with Gasteiger partial charge in [0.25, 0.3) is 0 Å². The Kier molecular flexibility index (Phi) is 5.33. The second-order valence-electron chi connectivity index (χ2n) is 5.77. The lowest BCUT2D eigenvalue weighted by molar-refractivity contribution is -0.116. The first kappa shape index (κ1) is 17.1. The van der Waals surface area contributed by atoms with Gasteiger partial charge in [-0.2, -0.15) is 4.31 Å². The number of benzene rings is 1.